The van der Waals surface area contributed by atoms with Crippen LogP contribution in [0.15, 0.2) is 59.4 Å². The number of aliphatic carboxylic acids is 1. The van der Waals surface area contributed by atoms with Gasteiger partial charge in [0.2, 0.25) is 0 Å². The lowest BCUT2D eigenvalue weighted by Gasteiger charge is -2.18. The minimum atomic E-state index is -5.08. The molecule has 2 aromatic carbocycles. The number of amides is 1. The van der Waals surface area contributed by atoms with Crippen LogP contribution in [-0.4, -0.2) is 58.8 Å². The molecule has 0 radical (unpaired) electrons. The molecule has 12 heteroatoms. The van der Waals surface area contributed by atoms with Gasteiger partial charge in [0, 0.05) is 25.5 Å². The minimum Gasteiger partial charge on any atom is -0.486 e. The average Bonchev–Trinajstić information content (AvgIpc) is 3.33. The molecule has 0 aliphatic rings. The number of likely N-dealkylation sites (N-methyl/N-ethyl adjacent to an activating group) is 1. The van der Waals surface area contributed by atoms with Crippen LogP contribution in [0.5, 0.6) is 5.75 Å². The molecule has 0 fully saturated rings. The normalized spacial score (nSPS) is 11.4. The number of para-hydroxylation sites is 1. The van der Waals surface area contributed by atoms with Crippen LogP contribution in [0.25, 0.3) is 21.0 Å². The number of benzene rings is 2. The highest BCUT2D eigenvalue weighted by Gasteiger charge is 2.38. The molecule has 0 spiro atoms. The second kappa shape index (κ2) is 13.4. The number of hydrogen-bond donors (Lipinski definition) is 2. The Bertz CT molecular complexity index is 1530. The molecular weight excluding hydrogens is 547 g/mol. The lowest BCUT2D eigenvalue weighted by molar-refractivity contribution is -0.192. The summed E-state index contributed by atoms with van der Waals surface area (Å²) in [5.41, 5.74) is 1.65. The molecule has 2 N–H and O–H groups in total. The lowest BCUT2D eigenvalue weighted by atomic mass is 10.1. The molecule has 0 bridgehead atoms. The number of aryl methyl sites for hydroxylation is 1. The zero-order chi connectivity index (χ0) is 29.4. The van der Waals surface area contributed by atoms with Gasteiger partial charge in [-0.3, -0.25) is 9.59 Å². The van der Waals surface area contributed by atoms with Crippen LogP contribution in [0, 0.1) is 0 Å². The SMILES string of the molecule is CCN(CC)CCNC(=O)c1sc2c(c1OCc1ccccc1)c(=O)n(C)c1ccccc21.O=C(O)C(F)(F)F. The van der Waals surface area contributed by atoms with E-state index in [-0.39, 0.29) is 18.1 Å². The zero-order valence-electron chi connectivity index (χ0n) is 22.2. The summed E-state index contributed by atoms with van der Waals surface area (Å²) in [4.78, 5) is 38.2. The third kappa shape index (κ3) is 7.19. The molecule has 0 saturated carbocycles. The largest absolute Gasteiger partial charge is 0.490 e. The van der Waals surface area contributed by atoms with Gasteiger partial charge < -0.3 is 24.6 Å². The maximum Gasteiger partial charge on any atom is 0.490 e. The van der Waals surface area contributed by atoms with Crippen LogP contribution in [-0.2, 0) is 18.4 Å². The molecule has 0 saturated heterocycles. The summed E-state index contributed by atoms with van der Waals surface area (Å²) in [6, 6.07) is 17.5. The standard InChI is InChI=1S/C26H29N3O3S.C2HF3O2/c1-4-29(5-2)16-15-27-25(30)24-22(32-17-18-11-7-6-8-12-18)21-23(33-24)19-13-9-10-14-20(19)28(3)26(21)31;3-2(4,5)1(6)7/h6-14H,4-5,15-17H2,1-3H3,(H,27,30);(H,6,7). The fraction of sp³-hybridized carbons (Fsp3) is 0.321. The van der Waals surface area contributed by atoms with Crippen molar-refractivity contribution in [1.82, 2.24) is 14.8 Å². The number of pyridine rings is 1. The Hall–Kier alpha value is -3.90. The monoisotopic (exact) mass is 577 g/mol. The Balaban J connectivity index is 0.000000559. The number of carbonyl (C=O) groups excluding carboxylic acids is 1. The smallest absolute Gasteiger partial charge is 0.486 e. The zero-order valence-corrected chi connectivity index (χ0v) is 23.1. The number of nitrogens with zero attached hydrogens (tertiary/aromatic N) is 2. The number of fused-ring (bicyclic) bond motifs is 3. The van der Waals surface area contributed by atoms with E-state index in [1.54, 1.807) is 11.6 Å². The van der Waals surface area contributed by atoms with Gasteiger partial charge in [-0.1, -0.05) is 62.4 Å². The molecule has 0 aliphatic heterocycles. The number of hydrogen-bond acceptors (Lipinski definition) is 6. The third-order valence-electron chi connectivity index (χ3n) is 6.18. The second-order valence-corrected chi connectivity index (χ2v) is 9.73. The number of thiophene rings is 1. The Labute approximate surface area is 232 Å². The summed E-state index contributed by atoms with van der Waals surface area (Å²) in [5.74, 6) is -2.60. The van der Waals surface area contributed by atoms with Gasteiger partial charge in [0.1, 0.15) is 16.9 Å². The van der Waals surface area contributed by atoms with Crippen molar-refractivity contribution in [2.75, 3.05) is 26.2 Å². The predicted molar refractivity (Wildman–Crippen MR) is 149 cm³/mol. The number of alkyl halides is 3. The Kier molecular flexibility index (Phi) is 10.3. The number of nitrogens with one attached hydrogen (secondary N) is 1. The van der Waals surface area contributed by atoms with E-state index in [2.05, 4.69) is 24.1 Å². The number of rotatable bonds is 9. The van der Waals surface area contributed by atoms with Crippen molar-refractivity contribution in [2.24, 2.45) is 7.05 Å². The van der Waals surface area contributed by atoms with Crippen LogP contribution < -0.4 is 15.6 Å². The molecule has 0 unspecified atom stereocenters. The first-order valence-corrected chi connectivity index (χ1v) is 13.3. The molecule has 1 amide bonds. The van der Waals surface area contributed by atoms with Crippen molar-refractivity contribution >= 4 is 44.2 Å². The van der Waals surface area contributed by atoms with Gasteiger partial charge in [-0.2, -0.15) is 13.2 Å². The Morgan fingerprint density at radius 1 is 1.05 bits per heavy atom. The van der Waals surface area contributed by atoms with E-state index in [0.29, 0.717) is 22.6 Å². The molecule has 214 valence electrons. The van der Waals surface area contributed by atoms with Gasteiger partial charge >= 0.3 is 12.1 Å². The second-order valence-electron chi connectivity index (χ2n) is 8.71. The van der Waals surface area contributed by atoms with E-state index in [1.165, 1.54) is 11.3 Å². The average molecular weight is 578 g/mol. The molecular formula is C28H30F3N3O5S. The van der Waals surface area contributed by atoms with Gasteiger partial charge in [0.15, 0.2) is 5.75 Å². The lowest BCUT2D eigenvalue weighted by Crippen LogP contribution is -2.34. The summed E-state index contributed by atoms with van der Waals surface area (Å²) in [6.07, 6.45) is -5.08. The molecule has 8 nitrogen and oxygen atoms in total. The molecule has 4 rings (SSSR count). The summed E-state index contributed by atoms with van der Waals surface area (Å²) in [5, 5.41) is 11.5. The summed E-state index contributed by atoms with van der Waals surface area (Å²) in [7, 11) is 1.76. The van der Waals surface area contributed by atoms with Crippen molar-refractivity contribution in [3.05, 3.63) is 75.4 Å². The number of carboxylic acid groups (broad SMARTS) is 1. The Morgan fingerprint density at radius 2 is 1.65 bits per heavy atom. The number of carbonyl (C=O) groups is 2. The first kappa shape index (κ1) is 30.6. The third-order valence-corrected chi connectivity index (χ3v) is 7.38. The fourth-order valence-electron chi connectivity index (χ4n) is 4.00. The molecule has 2 heterocycles. The number of halogens is 3. The van der Waals surface area contributed by atoms with Crippen molar-refractivity contribution in [3.8, 4) is 5.75 Å². The topological polar surface area (TPSA) is 101 Å². The van der Waals surface area contributed by atoms with Crippen molar-refractivity contribution in [2.45, 2.75) is 26.6 Å². The van der Waals surface area contributed by atoms with E-state index in [9.17, 15) is 22.8 Å². The highest BCUT2D eigenvalue weighted by atomic mass is 32.1. The van der Waals surface area contributed by atoms with Crippen molar-refractivity contribution in [1.29, 1.82) is 0 Å². The van der Waals surface area contributed by atoms with Gasteiger partial charge in [-0.05, 0) is 24.7 Å². The summed E-state index contributed by atoms with van der Waals surface area (Å²) >= 11 is 1.33. The first-order valence-electron chi connectivity index (χ1n) is 12.5. The van der Waals surface area contributed by atoms with Gasteiger partial charge in [0.05, 0.1) is 10.2 Å². The predicted octanol–water partition coefficient (Wildman–Crippen LogP) is 5.04. The van der Waals surface area contributed by atoms with E-state index in [0.717, 1.165) is 40.8 Å². The molecule has 40 heavy (non-hydrogen) atoms. The van der Waals surface area contributed by atoms with Crippen LogP contribution in [0.1, 0.15) is 29.1 Å². The number of aromatic nitrogens is 1. The first-order chi connectivity index (χ1) is 19.0. The molecule has 4 aromatic rings. The minimum absolute atomic E-state index is 0.162. The van der Waals surface area contributed by atoms with Crippen LogP contribution >= 0.6 is 11.3 Å². The van der Waals surface area contributed by atoms with Crippen LogP contribution in [0.4, 0.5) is 13.2 Å². The van der Waals surface area contributed by atoms with E-state index in [4.69, 9.17) is 14.6 Å². The maximum atomic E-state index is 13.3. The van der Waals surface area contributed by atoms with Gasteiger partial charge in [-0.15, -0.1) is 11.3 Å². The molecule has 0 aliphatic carbocycles. The number of ether oxygens (including phenoxy) is 1. The summed E-state index contributed by atoms with van der Waals surface area (Å²) in [6.45, 7) is 7.66. The van der Waals surface area contributed by atoms with Gasteiger partial charge in [0.25, 0.3) is 11.5 Å². The Morgan fingerprint density at radius 3 is 2.25 bits per heavy atom. The van der Waals surface area contributed by atoms with Crippen LogP contribution in [0.3, 0.4) is 0 Å². The van der Waals surface area contributed by atoms with E-state index < -0.39 is 12.1 Å². The molecule has 0 atom stereocenters. The van der Waals surface area contributed by atoms with Crippen LogP contribution in [0.2, 0.25) is 0 Å². The van der Waals surface area contributed by atoms with Crippen molar-refractivity contribution < 1.29 is 32.6 Å². The van der Waals surface area contributed by atoms with E-state index in [1.807, 2.05) is 54.6 Å². The highest BCUT2D eigenvalue weighted by molar-refractivity contribution is 7.22. The van der Waals surface area contributed by atoms with Gasteiger partial charge in [-0.25, -0.2) is 4.79 Å². The highest BCUT2D eigenvalue weighted by Crippen LogP contribution is 2.40. The quantitative estimate of drug-likeness (QED) is 0.289. The number of carboxylic acids is 1. The molecule has 2 aromatic heterocycles. The summed E-state index contributed by atoms with van der Waals surface area (Å²) < 4.78 is 40.3. The fourth-order valence-corrected chi connectivity index (χ4v) is 5.19. The van der Waals surface area contributed by atoms with E-state index >= 15 is 0 Å². The van der Waals surface area contributed by atoms with Crippen molar-refractivity contribution in [3.63, 3.8) is 0 Å². The maximum absolute atomic E-state index is 13.3.